The lowest BCUT2D eigenvalue weighted by molar-refractivity contribution is -0.141. The summed E-state index contributed by atoms with van der Waals surface area (Å²) >= 11 is 3.21. The van der Waals surface area contributed by atoms with Crippen LogP contribution in [0.5, 0.6) is 0 Å². The summed E-state index contributed by atoms with van der Waals surface area (Å²) in [5.41, 5.74) is 0. The van der Waals surface area contributed by atoms with E-state index >= 15 is 0 Å². The summed E-state index contributed by atoms with van der Waals surface area (Å²) in [5.74, 6) is -0.864. The van der Waals surface area contributed by atoms with Crippen molar-refractivity contribution in [3.63, 3.8) is 0 Å². The van der Waals surface area contributed by atoms with E-state index in [-0.39, 0.29) is 17.7 Å². The average molecular weight is 361 g/mol. The molecule has 1 N–H and O–H groups in total. The van der Waals surface area contributed by atoms with E-state index in [0.717, 1.165) is 0 Å². The van der Waals surface area contributed by atoms with Crippen molar-refractivity contribution in [3.05, 3.63) is 28.7 Å². The van der Waals surface area contributed by atoms with E-state index in [1.54, 1.807) is 18.2 Å². The van der Waals surface area contributed by atoms with Gasteiger partial charge in [0.15, 0.2) is 14.6 Å². The number of sulfone groups is 1. The van der Waals surface area contributed by atoms with E-state index in [0.29, 0.717) is 23.2 Å². The fourth-order valence-corrected chi connectivity index (χ4v) is 5.63. The van der Waals surface area contributed by atoms with Gasteiger partial charge in [-0.15, -0.1) is 0 Å². The van der Waals surface area contributed by atoms with Crippen LogP contribution in [0.3, 0.4) is 0 Å². The van der Waals surface area contributed by atoms with Crippen molar-refractivity contribution in [2.45, 2.75) is 42.2 Å². The standard InChI is InChI=1S/C14H17BrO4S/c1-10-6-8-14(9-7-10,13(16)17)20(18,19)12-5-3-2-4-11(12)15/h2-5,10H,6-9H2,1H3,(H,16,17). The Morgan fingerprint density at radius 3 is 2.35 bits per heavy atom. The summed E-state index contributed by atoms with van der Waals surface area (Å²) in [6.45, 7) is 2.02. The van der Waals surface area contributed by atoms with E-state index in [9.17, 15) is 18.3 Å². The largest absolute Gasteiger partial charge is 0.480 e. The summed E-state index contributed by atoms with van der Waals surface area (Å²) < 4.78 is 24.5. The van der Waals surface area contributed by atoms with Gasteiger partial charge in [0.2, 0.25) is 0 Å². The molecule has 0 spiro atoms. The summed E-state index contributed by atoms with van der Waals surface area (Å²) in [6.07, 6.45) is 1.59. The highest BCUT2D eigenvalue weighted by Gasteiger charge is 2.53. The van der Waals surface area contributed by atoms with Crippen molar-refractivity contribution in [1.82, 2.24) is 0 Å². The molecule has 0 aromatic heterocycles. The lowest BCUT2D eigenvalue weighted by Gasteiger charge is -2.35. The molecule has 1 aliphatic carbocycles. The normalized spacial score (nSPS) is 27.2. The van der Waals surface area contributed by atoms with Crippen LogP contribution in [0, 0.1) is 5.92 Å². The van der Waals surface area contributed by atoms with Crippen molar-refractivity contribution in [2.24, 2.45) is 5.92 Å². The minimum absolute atomic E-state index is 0.0666. The van der Waals surface area contributed by atoms with Crippen LogP contribution in [0.25, 0.3) is 0 Å². The fraction of sp³-hybridized carbons (Fsp3) is 0.500. The predicted molar refractivity (Wildman–Crippen MR) is 79.3 cm³/mol. The van der Waals surface area contributed by atoms with Gasteiger partial charge >= 0.3 is 5.97 Å². The molecule has 6 heteroatoms. The molecule has 0 atom stereocenters. The minimum Gasteiger partial charge on any atom is -0.480 e. The van der Waals surface area contributed by atoms with Crippen LogP contribution in [0.1, 0.15) is 32.6 Å². The Bertz CT molecular complexity index is 616. The summed E-state index contributed by atoms with van der Waals surface area (Å²) in [7, 11) is -3.92. The first-order chi connectivity index (χ1) is 9.31. The second kappa shape index (κ2) is 5.48. The van der Waals surface area contributed by atoms with Crippen LogP contribution in [0.2, 0.25) is 0 Å². The van der Waals surface area contributed by atoms with Gasteiger partial charge in [-0.1, -0.05) is 19.1 Å². The number of rotatable bonds is 3. The Morgan fingerprint density at radius 1 is 1.30 bits per heavy atom. The molecule has 110 valence electrons. The second-order valence-corrected chi connectivity index (χ2v) is 8.50. The van der Waals surface area contributed by atoms with Gasteiger partial charge in [-0.05, 0) is 59.7 Å². The maximum Gasteiger partial charge on any atom is 0.325 e. The first-order valence-corrected chi connectivity index (χ1v) is 8.81. The molecular weight excluding hydrogens is 344 g/mol. The monoisotopic (exact) mass is 360 g/mol. The summed E-state index contributed by atoms with van der Waals surface area (Å²) in [5, 5.41) is 9.57. The number of carboxylic acid groups (broad SMARTS) is 1. The van der Waals surface area contributed by atoms with Crippen LogP contribution in [-0.2, 0) is 14.6 Å². The molecule has 4 nitrogen and oxygen atoms in total. The van der Waals surface area contributed by atoms with E-state index < -0.39 is 20.6 Å². The molecule has 0 amide bonds. The SMILES string of the molecule is CC1CCC(C(=O)O)(S(=O)(=O)c2ccccc2Br)CC1. The molecule has 0 saturated heterocycles. The zero-order chi connectivity index (χ0) is 15.0. The topological polar surface area (TPSA) is 71.4 Å². The first-order valence-electron chi connectivity index (χ1n) is 6.54. The molecule has 1 fully saturated rings. The third kappa shape index (κ3) is 2.39. The van der Waals surface area contributed by atoms with Crippen molar-refractivity contribution in [1.29, 1.82) is 0 Å². The third-order valence-electron chi connectivity index (χ3n) is 4.11. The lowest BCUT2D eigenvalue weighted by atomic mass is 9.82. The van der Waals surface area contributed by atoms with Gasteiger partial charge in [0, 0.05) is 4.47 Å². The zero-order valence-electron chi connectivity index (χ0n) is 11.2. The number of hydrogen-bond donors (Lipinski definition) is 1. The van der Waals surface area contributed by atoms with Crippen molar-refractivity contribution in [3.8, 4) is 0 Å². The lowest BCUT2D eigenvalue weighted by Crippen LogP contribution is -2.49. The molecule has 0 radical (unpaired) electrons. The van der Waals surface area contributed by atoms with Crippen LogP contribution < -0.4 is 0 Å². The van der Waals surface area contributed by atoms with Gasteiger partial charge in [0.1, 0.15) is 0 Å². The van der Waals surface area contributed by atoms with Gasteiger partial charge in [0.05, 0.1) is 4.90 Å². The highest BCUT2D eigenvalue weighted by atomic mass is 79.9. The molecular formula is C14H17BrO4S. The van der Waals surface area contributed by atoms with E-state index in [1.165, 1.54) is 6.07 Å². The third-order valence-corrected chi connectivity index (χ3v) is 7.61. The highest BCUT2D eigenvalue weighted by Crippen LogP contribution is 2.42. The summed E-state index contributed by atoms with van der Waals surface area (Å²) in [6, 6.07) is 6.40. The van der Waals surface area contributed by atoms with Crippen LogP contribution in [0.15, 0.2) is 33.6 Å². The Morgan fingerprint density at radius 2 is 1.85 bits per heavy atom. The van der Waals surface area contributed by atoms with Crippen LogP contribution >= 0.6 is 15.9 Å². The molecule has 0 unspecified atom stereocenters. The smallest absolute Gasteiger partial charge is 0.325 e. The van der Waals surface area contributed by atoms with Crippen molar-refractivity contribution < 1.29 is 18.3 Å². The number of hydrogen-bond acceptors (Lipinski definition) is 3. The fourth-order valence-electron chi connectivity index (χ4n) is 2.70. The molecule has 20 heavy (non-hydrogen) atoms. The summed E-state index contributed by atoms with van der Waals surface area (Å²) in [4.78, 5) is 11.8. The molecule has 1 aromatic carbocycles. The zero-order valence-corrected chi connectivity index (χ0v) is 13.6. The van der Waals surface area contributed by atoms with Crippen molar-refractivity contribution >= 4 is 31.7 Å². The van der Waals surface area contributed by atoms with Gasteiger partial charge < -0.3 is 5.11 Å². The Balaban J connectivity index is 2.55. The van der Waals surface area contributed by atoms with Gasteiger partial charge in [0.25, 0.3) is 0 Å². The Hall–Kier alpha value is -0.880. The van der Waals surface area contributed by atoms with Crippen LogP contribution in [0.4, 0.5) is 0 Å². The molecule has 0 aliphatic heterocycles. The number of benzene rings is 1. The average Bonchev–Trinajstić information content (AvgIpc) is 2.39. The first kappa shape index (κ1) is 15.5. The predicted octanol–water partition coefficient (Wildman–Crippen LogP) is 3.26. The molecule has 1 aliphatic rings. The number of halogens is 1. The maximum absolute atomic E-state index is 12.9. The minimum atomic E-state index is -3.92. The molecule has 2 rings (SSSR count). The Kier molecular flexibility index (Phi) is 4.25. The molecule has 1 aromatic rings. The second-order valence-electron chi connectivity index (χ2n) is 5.42. The molecule has 1 saturated carbocycles. The number of aliphatic carboxylic acids is 1. The molecule has 0 bridgehead atoms. The molecule has 0 heterocycles. The van der Waals surface area contributed by atoms with E-state index in [1.807, 2.05) is 6.92 Å². The van der Waals surface area contributed by atoms with Crippen molar-refractivity contribution in [2.75, 3.05) is 0 Å². The maximum atomic E-state index is 12.9. The number of carboxylic acids is 1. The quantitative estimate of drug-likeness (QED) is 0.897. The van der Waals surface area contributed by atoms with E-state index in [2.05, 4.69) is 15.9 Å². The van der Waals surface area contributed by atoms with Gasteiger partial charge in [-0.3, -0.25) is 4.79 Å². The van der Waals surface area contributed by atoms with Crippen LogP contribution in [-0.4, -0.2) is 24.2 Å². The number of carbonyl (C=O) groups is 1. The van der Waals surface area contributed by atoms with Gasteiger partial charge in [-0.2, -0.15) is 0 Å². The highest BCUT2D eigenvalue weighted by molar-refractivity contribution is 9.10. The van der Waals surface area contributed by atoms with E-state index in [4.69, 9.17) is 0 Å². The van der Waals surface area contributed by atoms with Gasteiger partial charge in [-0.25, -0.2) is 8.42 Å². The Labute approximate surface area is 127 Å².